The van der Waals surface area contributed by atoms with Crippen LogP contribution in [0, 0.1) is 0 Å². The second kappa shape index (κ2) is 4.02. The summed E-state index contributed by atoms with van der Waals surface area (Å²) in [5, 5.41) is 0. The van der Waals surface area contributed by atoms with E-state index in [9.17, 15) is 0 Å². The first-order valence-corrected chi connectivity index (χ1v) is 4.95. The third kappa shape index (κ3) is 1.91. The molecule has 0 fully saturated rings. The number of nitrogens with two attached hydrogens (primary N) is 1. The number of rotatable bonds is 1. The van der Waals surface area contributed by atoms with E-state index in [1.165, 1.54) is 5.56 Å². The molecule has 0 saturated heterocycles. The van der Waals surface area contributed by atoms with Crippen molar-refractivity contribution in [3.63, 3.8) is 0 Å². The smallest absolute Gasteiger partial charge is 0.144 e. The van der Waals surface area contributed by atoms with Gasteiger partial charge in [-0.05, 0) is 18.9 Å². The fourth-order valence-electron chi connectivity index (χ4n) is 1.56. The van der Waals surface area contributed by atoms with E-state index < -0.39 is 0 Å². The molecule has 76 valence electrons. The standard InChI is InChI=1S/C10H15N3O/c1-7(11)10-12-6-8-2-4-14-5-3-9(8)13-10/h6-7H,2-5,11H2,1H3. The Bertz CT molecular complexity index is 325. The minimum atomic E-state index is -0.0931. The fourth-order valence-corrected chi connectivity index (χ4v) is 1.56. The molecule has 4 nitrogen and oxygen atoms in total. The second-order valence-corrected chi connectivity index (χ2v) is 3.60. The van der Waals surface area contributed by atoms with Gasteiger partial charge in [-0.2, -0.15) is 0 Å². The third-order valence-corrected chi connectivity index (χ3v) is 2.38. The van der Waals surface area contributed by atoms with E-state index in [-0.39, 0.29) is 6.04 Å². The van der Waals surface area contributed by atoms with Crippen molar-refractivity contribution in [3.8, 4) is 0 Å². The van der Waals surface area contributed by atoms with Crippen molar-refractivity contribution in [1.29, 1.82) is 0 Å². The Labute approximate surface area is 83.5 Å². The highest BCUT2D eigenvalue weighted by atomic mass is 16.5. The number of hydrogen-bond acceptors (Lipinski definition) is 4. The highest BCUT2D eigenvalue weighted by Gasteiger charge is 2.12. The van der Waals surface area contributed by atoms with Crippen LogP contribution in [0.2, 0.25) is 0 Å². The van der Waals surface area contributed by atoms with Crippen molar-refractivity contribution in [1.82, 2.24) is 9.97 Å². The molecule has 0 aromatic carbocycles. The molecule has 2 heterocycles. The first-order chi connectivity index (χ1) is 6.77. The largest absolute Gasteiger partial charge is 0.381 e. The molecule has 2 N–H and O–H groups in total. The summed E-state index contributed by atoms with van der Waals surface area (Å²) in [7, 11) is 0. The molecule has 2 rings (SSSR count). The number of aromatic nitrogens is 2. The Morgan fingerprint density at radius 1 is 1.43 bits per heavy atom. The first kappa shape index (κ1) is 9.55. The van der Waals surface area contributed by atoms with Crippen molar-refractivity contribution < 1.29 is 4.74 Å². The van der Waals surface area contributed by atoms with Gasteiger partial charge in [-0.25, -0.2) is 9.97 Å². The molecule has 1 aliphatic heterocycles. The summed E-state index contributed by atoms with van der Waals surface area (Å²) in [4.78, 5) is 8.70. The normalized spacial score (nSPS) is 18.4. The quantitative estimate of drug-likeness (QED) is 0.710. The zero-order valence-corrected chi connectivity index (χ0v) is 8.36. The van der Waals surface area contributed by atoms with E-state index in [0.717, 1.165) is 37.6 Å². The van der Waals surface area contributed by atoms with E-state index >= 15 is 0 Å². The van der Waals surface area contributed by atoms with Crippen molar-refractivity contribution in [2.24, 2.45) is 5.73 Å². The zero-order valence-electron chi connectivity index (χ0n) is 8.36. The highest BCUT2D eigenvalue weighted by Crippen LogP contribution is 2.13. The van der Waals surface area contributed by atoms with Gasteiger partial charge in [-0.15, -0.1) is 0 Å². The molecule has 1 aliphatic rings. The van der Waals surface area contributed by atoms with Crippen molar-refractivity contribution >= 4 is 0 Å². The van der Waals surface area contributed by atoms with Gasteiger partial charge in [-0.3, -0.25) is 0 Å². The Kier molecular flexibility index (Phi) is 2.74. The van der Waals surface area contributed by atoms with Gasteiger partial charge in [0.15, 0.2) is 0 Å². The number of fused-ring (bicyclic) bond motifs is 1. The molecular weight excluding hydrogens is 178 g/mol. The van der Waals surface area contributed by atoms with Crippen molar-refractivity contribution in [2.75, 3.05) is 13.2 Å². The van der Waals surface area contributed by atoms with Gasteiger partial charge < -0.3 is 10.5 Å². The SMILES string of the molecule is CC(N)c1ncc2c(n1)CCOCC2. The molecule has 0 amide bonds. The molecule has 1 atom stereocenters. The maximum absolute atomic E-state index is 5.73. The molecule has 4 heteroatoms. The second-order valence-electron chi connectivity index (χ2n) is 3.60. The maximum atomic E-state index is 5.73. The average molecular weight is 193 g/mol. The predicted molar refractivity (Wildman–Crippen MR) is 52.9 cm³/mol. The van der Waals surface area contributed by atoms with E-state index in [1.54, 1.807) is 0 Å². The van der Waals surface area contributed by atoms with Gasteiger partial charge in [0.1, 0.15) is 5.82 Å². The van der Waals surface area contributed by atoms with Gasteiger partial charge in [0, 0.05) is 18.3 Å². The minimum Gasteiger partial charge on any atom is -0.381 e. The van der Waals surface area contributed by atoms with E-state index in [0.29, 0.717) is 0 Å². The van der Waals surface area contributed by atoms with E-state index in [4.69, 9.17) is 10.5 Å². The van der Waals surface area contributed by atoms with Crippen LogP contribution in [0.1, 0.15) is 30.0 Å². The monoisotopic (exact) mass is 193 g/mol. The first-order valence-electron chi connectivity index (χ1n) is 4.95. The van der Waals surface area contributed by atoms with Crippen LogP contribution in [0.15, 0.2) is 6.20 Å². The Morgan fingerprint density at radius 3 is 3.00 bits per heavy atom. The summed E-state index contributed by atoms with van der Waals surface area (Å²) in [5.74, 6) is 0.727. The van der Waals surface area contributed by atoms with Gasteiger partial charge in [0.2, 0.25) is 0 Å². The van der Waals surface area contributed by atoms with Gasteiger partial charge in [0.25, 0.3) is 0 Å². The summed E-state index contributed by atoms with van der Waals surface area (Å²) >= 11 is 0. The molecule has 0 aliphatic carbocycles. The molecule has 1 aromatic heterocycles. The Balaban J connectivity index is 2.32. The molecule has 1 unspecified atom stereocenters. The average Bonchev–Trinajstić information content (AvgIpc) is 2.41. The van der Waals surface area contributed by atoms with Crippen LogP contribution in [0.5, 0.6) is 0 Å². The highest BCUT2D eigenvalue weighted by molar-refractivity contribution is 5.19. The lowest BCUT2D eigenvalue weighted by molar-refractivity contribution is 0.146. The zero-order chi connectivity index (χ0) is 9.97. The molecule has 0 spiro atoms. The van der Waals surface area contributed by atoms with Crippen LogP contribution in [-0.4, -0.2) is 23.2 Å². The Morgan fingerprint density at radius 2 is 2.21 bits per heavy atom. The lowest BCUT2D eigenvalue weighted by Gasteiger charge is -2.08. The van der Waals surface area contributed by atoms with Crippen molar-refractivity contribution in [3.05, 3.63) is 23.3 Å². The van der Waals surface area contributed by atoms with Crippen LogP contribution in [0.3, 0.4) is 0 Å². The summed E-state index contributed by atoms with van der Waals surface area (Å²) in [6.45, 7) is 3.42. The van der Waals surface area contributed by atoms with Crippen LogP contribution >= 0.6 is 0 Å². The molecule has 1 aromatic rings. The molecule has 0 radical (unpaired) electrons. The summed E-state index contributed by atoms with van der Waals surface area (Å²) in [5.41, 5.74) is 8.03. The van der Waals surface area contributed by atoms with Crippen molar-refractivity contribution in [2.45, 2.75) is 25.8 Å². The lowest BCUT2D eigenvalue weighted by Crippen LogP contribution is -2.12. The molecule has 0 bridgehead atoms. The topological polar surface area (TPSA) is 61.0 Å². The molecule has 0 saturated carbocycles. The number of nitrogens with zero attached hydrogens (tertiary/aromatic N) is 2. The Hall–Kier alpha value is -1.00. The summed E-state index contributed by atoms with van der Waals surface area (Å²) in [6, 6.07) is -0.0931. The van der Waals surface area contributed by atoms with Crippen LogP contribution in [0.4, 0.5) is 0 Å². The molecular formula is C10H15N3O. The summed E-state index contributed by atoms with van der Waals surface area (Å²) in [6.07, 6.45) is 3.67. The van der Waals surface area contributed by atoms with Crippen LogP contribution < -0.4 is 5.73 Å². The van der Waals surface area contributed by atoms with Gasteiger partial charge in [-0.1, -0.05) is 0 Å². The molecule has 14 heavy (non-hydrogen) atoms. The van der Waals surface area contributed by atoms with Crippen LogP contribution in [-0.2, 0) is 17.6 Å². The number of hydrogen-bond donors (Lipinski definition) is 1. The minimum absolute atomic E-state index is 0.0931. The van der Waals surface area contributed by atoms with E-state index in [2.05, 4.69) is 9.97 Å². The third-order valence-electron chi connectivity index (χ3n) is 2.38. The van der Waals surface area contributed by atoms with E-state index in [1.807, 2.05) is 13.1 Å². The maximum Gasteiger partial charge on any atom is 0.144 e. The lowest BCUT2D eigenvalue weighted by atomic mass is 10.1. The number of ether oxygens (including phenoxy) is 1. The predicted octanol–water partition coefficient (Wildman–Crippen LogP) is 0.612. The van der Waals surface area contributed by atoms with Gasteiger partial charge in [0.05, 0.1) is 19.3 Å². The summed E-state index contributed by atoms with van der Waals surface area (Å²) < 4.78 is 5.38. The fraction of sp³-hybridized carbons (Fsp3) is 0.600. The van der Waals surface area contributed by atoms with Gasteiger partial charge >= 0.3 is 0 Å². The van der Waals surface area contributed by atoms with Crippen LogP contribution in [0.25, 0.3) is 0 Å².